The van der Waals surface area contributed by atoms with Gasteiger partial charge in [0.1, 0.15) is 0 Å². The maximum atomic E-state index is 8.86. The molecule has 0 aliphatic carbocycles. The molecule has 0 aliphatic heterocycles. The predicted octanol–water partition coefficient (Wildman–Crippen LogP) is 2.49. The average Bonchev–Trinajstić information content (AvgIpc) is 2.83. The Kier molecular flexibility index (Phi) is 4.53. The Morgan fingerprint density at radius 3 is 3.00 bits per heavy atom. The first-order valence-corrected chi connectivity index (χ1v) is 7.05. The summed E-state index contributed by atoms with van der Waals surface area (Å²) in [7, 11) is 0. The van der Waals surface area contributed by atoms with Crippen LogP contribution in [0.4, 0.5) is 0 Å². The minimum absolute atomic E-state index is 0.504. The fourth-order valence-corrected chi connectivity index (χ4v) is 2.47. The zero-order valence-corrected chi connectivity index (χ0v) is 11.8. The number of tetrazole rings is 1. The molecule has 2 aromatic rings. The lowest BCUT2D eigenvalue weighted by atomic mass is 10.2. The second kappa shape index (κ2) is 6.34. The monoisotopic (exact) mass is 273 g/mol. The van der Waals surface area contributed by atoms with E-state index >= 15 is 0 Å². The molecule has 6 heteroatoms. The van der Waals surface area contributed by atoms with Crippen LogP contribution in [0, 0.1) is 17.2 Å². The highest BCUT2D eigenvalue weighted by molar-refractivity contribution is 7.98. The standard InChI is InChI=1S/C13H15N5S/c1-10(2)8-18-13(15-16-17-18)19-9-12-5-3-4-11(6-12)7-14/h3-6,10H,8-9H2,1-2H3. The zero-order chi connectivity index (χ0) is 13.7. The van der Waals surface area contributed by atoms with Gasteiger partial charge in [0.2, 0.25) is 5.16 Å². The van der Waals surface area contributed by atoms with Crippen LogP contribution in [-0.4, -0.2) is 20.2 Å². The van der Waals surface area contributed by atoms with Gasteiger partial charge in [-0.3, -0.25) is 0 Å². The molecule has 0 N–H and O–H groups in total. The Hall–Kier alpha value is -1.87. The molecule has 0 spiro atoms. The van der Waals surface area contributed by atoms with Crippen molar-refractivity contribution in [2.24, 2.45) is 5.92 Å². The summed E-state index contributed by atoms with van der Waals surface area (Å²) in [5.41, 5.74) is 1.78. The quantitative estimate of drug-likeness (QED) is 0.783. The van der Waals surface area contributed by atoms with Crippen molar-refractivity contribution in [3.63, 3.8) is 0 Å². The van der Waals surface area contributed by atoms with E-state index in [9.17, 15) is 0 Å². The second-order valence-electron chi connectivity index (χ2n) is 4.64. The Labute approximate surface area is 116 Å². The Bertz CT molecular complexity index is 585. The number of nitrogens with zero attached hydrogens (tertiary/aromatic N) is 5. The fraction of sp³-hybridized carbons (Fsp3) is 0.385. The van der Waals surface area contributed by atoms with E-state index in [0.717, 1.165) is 23.0 Å². The van der Waals surface area contributed by atoms with Crippen LogP contribution in [0.1, 0.15) is 25.0 Å². The van der Waals surface area contributed by atoms with Gasteiger partial charge in [0, 0.05) is 12.3 Å². The van der Waals surface area contributed by atoms with E-state index in [1.807, 2.05) is 22.9 Å². The Balaban J connectivity index is 2.02. The van der Waals surface area contributed by atoms with Crippen molar-refractivity contribution >= 4 is 11.8 Å². The fourth-order valence-electron chi connectivity index (χ4n) is 1.64. The van der Waals surface area contributed by atoms with Gasteiger partial charge >= 0.3 is 0 Å². The van der Waals surface area contributed by atoms with E-state index in [1.54, 1.807) is 17.8 Å². The molecule has 5 nitrogen and oxygen atoms in total. The van der Waals surface area contributed by atoms with E-state index < -0.39 is 0 Å². The Morgan fingerprint density at radius 2 is 2.26 bits per heavy atom. The average molecular weight is 273 g/mol. The highest BCUT2D eigenvalue weighted by Crippen LogP contribution is 2.21. The number of nitriles is 1. The van der Waals surface area contributed by atoms with Crippen LogP contribution in [0.25, 0.3) is 0 Å². The molecule has 0 saturated heterocycles. The summed E-state index contributed by atoms with van der Waals surface area (Å²) >= 11 is 1.59. The van der Waals surface area contributed by atoms with Gasteiger partial charge in [-0.2, -0.15) is 5.26 Å². The molecule has 1 aromatic carbocycles. The summed E-state index contributed by atoms with van der Waals surface area (Å²) < 4.78 is 1.82. The molecule has 1 aromatic heterocycles. The van der Waals surface area contributed by atoms with Crippen molar-refractivity contribution in [1.82, 2.24) is 20.2 Å². The van der Waals surface area contributed by atoms with Crippen LogP contribution in [0.3, 0.4) is 0 Å². The SMILES string of the molecule is CC(C)Cn1nnnc1SCc1cccc(C#N)c1. The summed E-state index contributed by atoms with van der Waals surface area (Å²) in [6.45, 7) is 5.08. The molecular formula is C13H15N5S. The molecule has 0 radical (unpaired) electrons. The third-order valence-electron chi connectivity index (χ3n) is 2.46. The second-order valence-corrected chi connectivity index (χ2v) is 5.58. The summed E-state index contributed by atoms with van der Waals surface area (Å²) in [4.78, 5) is 0. The molecular weight excluding hydrogens is 258 g/mol. The predicted molar refractivity (Wildman–Crippen MR) is 73.4 cm³/mol. The van der Waals surface area contributed by atoms with Crippen LogP contribution in [-0.2, 0) is 12.3 Å². The molecule has 0 aliphatic rings. The first-order valence-electron chi connectivity index (χ1n) is 6.07. The van der Waals surface area contributed by atoms with Gasteiger partial charge in [0.15, 0.2) is 0 Å². The smallest absolute Gasteiger partial charge is 0.209 e. The Morgan fingerprint density at radius 1 is 1.42 bits per heavy atom. The minimum atomic E-state index is 0.504. The first-order chi connectivity index (χ1) is 9.19. The molecule has 0 unspecified atom stereocenters. The number of hydrogen-bond acceptors (Lipinski definition) is 5. The molecule has 0 bridgehead atoms. The summed E-state index contributed by atoms with van der Waals surface area (Å²) in [5.74, 6) is 1.26. The molecule has 0 fully saturated rings. The van der Waals surface area contributed by atoms with Crippen LogP contribution in [0.2, 0.25) is 0 Å². The van der Waals surface area contributed by atoms with Crippen molar-refractivity contribution < 1.29 is 0 Å². The van der Waals surface area contributed by atoms with E-state index in [0.29, 0.717) is 11.5 Å². The van der Waals surface area contributed by atoms with Gasteiger partial charge < -0.3 is 0 Å². The van der Waals surface area contributed by atoms with Gasteiger partial charge in [-0.1, -0.05) is 37.7 Å². The lowest BCUT2D eigenvalue weighted by Crippen LogP contribution is -2.07. The van der Waals surface area contributed by atoms with Gasteiger partial charge in [-0.05, 0) is 34.0 Å². The zero-order valence-electron chi connectivity index (χ0n) is 10.9. The van der Waals surface area contributed by atoms with Crippen LogP contribution in [0.5, 0.6) is 0 Å². The number of rotatable bonds is 5. The molecule has 2 rings (SSSR count). The molecule has 0 atom stereocenters. The van der Waals surface area contributed by atoms with Gasteiger partial charge in [0.05, 0.1) is 11.6 Å². The number of benzene rings is 1. The van der Waals surface area contributed by atoms with Crippen LogP contribution in [0.15, 0.2) is 29.4 Å². The molecule has 0 amide bonds. The molecule has 0 saturated carbocycles. The van der Waals surface area contributed by atoms with E-state index in [-0.39, 0.29) is 0 Å². The van der Waals surface area contributed by atoms with Crippen molar-refractivity contribution in [3.8, 4) is 6.07 Å². The number of aromatic nitrogens is 4. The van der Waals surface area contributed by atoms with Crippen LogP contribution >= 0.6 is 11.8 Å². The van der Waals surface area contributed by atoms with Crippen molar-refractivity contribution in [1.29, 1.82) is 5.26 Å². The van der Waals surface area contributed by atoms with E-state index in [2.05, 4.69) is 35.4 Å². The third-order valence-corrected chi connectivity index (χ3v) is 3.49. The van der Waals surface area contributed by atoms with Crippen molar-refractivity contribution in [2.75, 3.05) is 0 Å². The van der Waals surface area contributed by atoms with Crippen molar-refractivity contribution in [3.05, 3.63) is 35.4 Å². The molecule has 19 heavy (non-hydrogen) atoms. The number of thioether (sulfide) groups is 1. The highest BCUT2D eigenvalue weighted by Gasteiger charge is 2.08. The lowest BCUT2D eigenvalue weighted by Gasteiger charge is -2.06. The third kappa shape index (κ3) is 3.80. The van der Waals surface area contributed by atoms with E-state index in [1.165, 1.54) is 0 Å². The van der Waals surface area contributed by atoms with Gasteiger partial charge in [0.25, 0.3) is 0 Å². The van der Waals surface area contributed by atoms with E-state index in [4.69, 9.17) is 5.26 Å². The van der Waals surface area contributed by atoms with Gasteiger partial charge in [-0.15, -0.1) is 5.10 Å². The van der Waals surface area contributed by atoms with Crippen molar-refractivity contribution in [2.45, 2.75) is 31.3 Å². The van der Waals surface area contributed by atoms with Crippen LogP contribution < -0.4 is 0 Å². The summed E-state index contributed by atoms with van der Waals surface area (Å²) in [5, 5.41) is 21.4. The maximum Gasteiger partial charge on any atom is 0.209 e. The largest absolute Gasteiger partial charge is 0.220 e. The topological polar surface area (TPSA) is 67.4 Å². The van der Waals surface area contributed by atoms with Gasteiger partial charge in [-0.25, -0.2) is 4.68 Å². The molecule has 1 heterocycles. The number of hydrogen-bond donors (Lipinski definition) is 0. The normalized spacial score (nSPS) is 10.6. The lowest BCUT2D eigenvalue weighted by molar-refractivity contribution is 0.446. The summed E-state index contributed by atoms with van der Waals surface area (Å²) in [6.07, 6.45) is 0. The molecule has 98 valence electrons. The first kappa shape index (κ1) is 13.6. The summed E-state index contributed by atoms with van der Waals surface area (Å²) in [6, 6.07) is 9.74. The highest BCUT2D eigenvalue weighted by atomic mass is 32.2. The maximum absolute atomic E-state index is 8.86. The minimum Gasteiger partial charge on any atom is -0.220 e.